The zero-order valence-corrected chi connectivity index (χ0v) is 11.3. The first kappa shape index (κ1) is 14.9. The number of hydrogen-bond acceptors (Lipinski definition) is 2. The molecule has 0 heterocycles. The van der Waals surface area contributed by atoms with Crippen molar-refractivity contribution in [3.8, 4) is 18.1 Å². The Labute approximate surface area is 116 Å². The first-order valence-electron chi connectivity index (χ1n) is 6.27. The van der Waals surface area contributed by atoms with E-state index in [2.05, 4.69) is 17.3 Å². The van der Waals surface area contributed by atoms with Crippen LogP contribution in [0.2, 0.25) is 0 Å². The number of hydrogen-bond donors (Lipinski definition) is 1. The standard InChI is InChI=1S/C15H19NO.ClH/c1-2-11-17-15-10-6-3-7-13(15)12-16-14-8-4-5-9-14;/h1,3,6-7,10,14,16H,4-5,8-9,11-12H2;1H. The lowest BCUT2D eigenvalue weighted by atomic mass is 10.1. The molecule has 0 bridgehead atoms. The van der Waals surface area contributed by atoms with Crippen molar-refractivity contribution in [1.82, 2.24) is 5.32 Å². The summed E-state index contributed by atoms with van der Waals surface area (Å²) in [5.41, 5.74) is 1.19. The molecule has 1 aromatic carbocycles. The number of ether oxygens (including phenoxy) is 1. The molecular weight excluding hydrogens is 246 g/mol. The van der Waals surface area contributed by atoms with Crippen LogP contribution >= 0.6 is 12.4 Å². The van der Waals surface area contributed by atoms with Crippen molar-refractivity contribution in [3.05, 3.63) is 29.8 Å². The maximum atomic E-state index is 5.53. The minimum atomic E-state index is 0. The molecule has 0 spiro atoms. The second kappa shape index (κ2) is 8.02. The molecule has 1 fully saturated rings. The summed E-state index contributed by atoms with van der Waals surface area (Å²) in [7, 11) is 0. The smallest absolute Gasteiger partial charge is 0.148 e. The topological polar surface area (TPSA) is 21.3 Å². The van der Waals surface area contributed by atoms with E-state index >= 15 is 0 Å². The first-order chi connectivity index (χ1) is 8.40. The summed E-state index contributed by atoms with van der Waals surface area (Å²) < 4.78 is 5.53. The van der Waals surface area contributed by atoms with Gasteiger partial charge in [0.05, 0.1) is 0 Å². The van der Waals surface area contributed by atoms with Crippen molar-refractivity contribution in [1.29, 1.82) is 0 Å². The molecule has 3 heteroatoms. The summed E-state index contributed by atoms with van der Waals surface area (Å²) in [6, 6.07) is 8.76. The van der Waals surface area contributed by atoms with Crippen molar-refractivity contribution in [2.24, 2.45) is 0 Å². The number of rotatable bonds is 5. The molecule has 1 aliphatic carbocycles. The highest BCUT2D eigenvalue weighted by atomic mass is 35.5. The predicted molar refractivity (Wildman–Crippen MR) is 77.1 cm³/mol. The summed E-state index contributed by atoms with van der Waals surface area (Å²) in [6.07, 6.45) is 10.5. The molecular formula is C15H20ClNO. The van der Waals surface area contributed by atoms with E-state index in [0.29, 0.717) is 12.6 Å². The largest absolute Gasteiger partial charge is 0.481 e. The van der Waals surface area contributed by atoms with Gasteiger partial charge in [-0.25, -0.2) is 0 Å². The van der Waals surface area contributed by atoms with E-state index in [-0.39, 0.29) is 12.4 Å². The lowest BCUT2D eigenvalue weighted by molar-refractivity contribution is 0.363. The molecule has 1 saturated carbocycles. The van der Waals surface area contributed by atoms with E-state index in [1.54, 1.807) is 0 Å². The molecule has 0 radical (unpaired) electrons. The Kier molecular flexibility index (Phi) is 6.64. The van der Waals surface area contributed by atoms with Gasteiger partial charge in [0.1, 0.15) is 12.4 Å². The summed E-state index contributed by atoms with van der Waals surface area (Å²) in [6.45, 7) is 1.20. The van der Waals surface area contributed by atoms with Crippen molar-refractivity contribution >= 4 is 12.4 Å². The summed E-state index contributed by atoms with van der Waals surface area (Å²) in [5.74, 6) is 3.40. The Morgan fingerprint density at radius 2 is 2.00 bits per heavy atom. The van der Waals surface area contributed by atoms with Crippen molar-refractivity contribution < 1.29 is 4.74 Å². The van der Waals surface area contributed by atoms with Crippen LogP contribution in [0, 0.1) is 12.3 Å². The number of nitrogens with one attached hydrogen (secondary N) is 1. The molecule has 0 aromatic heterocycles. The minimum Gasteiger partial charge on any atom is -0.481 e. The lowest BCUT2D eigenvalue weighted by Crippen LogP contribution is -2.25. The normalized spacial score (nSPS) is 14.8. The van der Waals surface area contributed by atoms with Crippen LogP contribution in [0.3, 0.4) is 0 Å². The van der Waals surface area contributed by atoms with E-state index in [1.165, 1.54) is 31.2 Å². The third-order valence-corrected chi connectivity index (χ3v) is 3.22. The van der Waals surface area contributed by atoms with Gasteiger partial charge in [0, 0.05) is 18.2 Å². The Hall–Kier alpha value is -1.17. The Morgan fingerprint density at radius 3 is 2.72 bits per heavy atom. The highest BCUT2D eigenvalue weighted by molar-refractivity contribution is 5.85. The summed E-state index contributed by atoms with van der Waals surface area (Å²) in [5, 5.41) is 3.58. The number of halogens is 1. The zero-order valence-electron chi connectivity index (χ0n) is 10.5. The molecule has 0 aliphatic heterocycles. The number of para-hydroxylation sites is 1. The van der Waals surface area contributed by atoms with Gasteiger partial charge in [0.2, 0.25) is 0 Å². The second-order valence-electron chi connectivity index (χ2n) is 4.46. The number of terminal acetylenes is 1. The quantitative estimate of drug-likeness (QED) is 0.826. The summed E-state index contributed by atoms with van der Waals surface area (Å²) >= 11 is 0. The fraction of sp³-hybridized carbons (Fsp3) is 0.467. The Balaban J connectivity index is 0.00000162. The van der Waals surface area contributed by atoms with Gasteiger partial charge >= 0.3 is 0 Å². The van der Waals surface area contributed by atoms with E-state index < -0.39 is 0 Å². The van der Waals surface area contributed by atoms with Crippen LogP contribution in [-0.2, 0) is 6.54 Å². The maximum Gasteiger partial charge on any atom is 0.148 e. The van der Waals surface area contributed by atoms with Gasteiger partial charge < -0.3 is 10.1 Å². The second-order valence-corrected chi connectivity index (χ2v) is 4.46. The molecule has 1 N–H and O–H groups in total. The third-order valence-electron chi connectivity index (χ3n) is 3.22. The van der Waals surface area contributed by atoms with Gasteiger partial charge in [-0.2, -0.15) is 0 Å². The molecule has 1 aromatic rings. The molecule has 2 rings (SSSR count). The van der Waals surface area contributed by atoms with Gasteiger partial charge in [-0.3, -0.25) is 0 Å². The van der Waals surface area contributed by atoms with E-state index in [0.717, 1.165) is 12.3 Å². The fourth-order valence-electron chi connectivity index (χ4n) is 2.29. The van der Waals surface area contributed by atoms with Gasteiger partial charge in [-0.15, -0.1) is 18.8 Å². The van der Waals surface area contributed by atoms with E-state index in [9.17, 15) is 0 Å². The van der Waals surface area contributed by atoms with Crippen molar-refractivity contribution in [2.75, 3.05) is 6.61 Å². The number of benzene rings is 1. The molecule has 0 atom stereocenters. The highest BCUT2D eigenvalue weighted by Crippen LogP contribution is 2.21. The maximum absolute atomic E-state index is 5.53. The SMILES string of the molecule is C#CCOc1ccccc1CNC1CCCC1.Cl. The monoisotopic (exact) mass is 265 g/mol. The van der Waals surface area contributed by atoms with Gasteiger partial charge in [-0.1, -0.05) is 37.0 Å². The molecule has 2 nitrogen and oxygen atoms in total. The fourth-order valence-corrected chi connectivity index (χ4v) is 2.29. The lowest BCUT2D eigenvalue weighted by Gasteiger charge is -2.14. The van der Waals surface area contributed by atoms with Gasteiger partial charge in [-0.05, 0) is 18.9 Å². The molecule has 18 heavy (non-hydrogen) atoms. The Bertz CT molecular complexity index is 394. The zero-order chi connectivity index (χ0) is 11.9. The van der Waals surface area contributed by atoms with Crippen LogP contribution in [0.25, 0.3) is 0 Å². The van der Waals surface area contributed by atoms with Crippen LogP contribution in [-0.4, -0.2) is 12.6 Å². The average Bonchev–Trinajstić information content (AvgIpc) is 2.88. The molecule has 0 unspecified atom stereocenters. The first-order valence-corrected chi connectivity index (χ1v) is 6.27. The molecule has 1 aliphatic rings. The predicted octanol–water partition coefficient (Wildman–Crippen LogP) is 3.15. The molecule has 98 valence electrons. The third kappa shape index (κ3) is 4.25. The molecule has 0 amide bonds. The van der Waals surface area contributed by atoms with Crippen LogP contribution in [0.4, 0.5) is 0 Å². The van der Waals surface area contributed by atoms with E-state index in [1.807, 2.05) is 18.2 Å². The highest BCUT2D eigenvalue weighted by Gasteiger charge is 2.14. The Morgan fingerprint density at radius 1 is 1.28 bits per heavy atom. The average molecular weight is 266 g/mol. The van der Waals surface area contributed by atoms with Gasteiger partial charge in [0.15, 0.2) is 0 Å². The minimum absolute atomic E-state index is 0. The summed E-state index contributed by atoms with van der Waals surface area (Å²) in [4.78, 5) is 0. The van der Waals surface area contributed by atoms with Crippen LogP contribution in [0.15, 0.2) is 24.3 Å². The van der Waals surface area contributed by atoms with Crippen LogP contribution in [0.1, 0.15) is 31.2 Å². The molecule has 0 saturated heterocycles. The van der Waals surface area contributed by atoms with E-state index in [4.69, 9.17) is 11.2 Å². The van der Waals surface area contributed by atoms with Crippen molar-refractivity contribution in [3.63, 3.8) is 0 Å². The van der Waals surface area contributed by atoms with Crippen LogP contribution in [0.5, 0.6) is 5.75 Å². The van der Waals surface area contributed by atoms with Gasteiger partial charge in [0.25, 0.3) is 0 Å². The van der Waals surface area contributed by atoms with Crippen LogP contribution < -0.4 is 10.1 Å². The van der Waals surface area contributed by atoms with Crippen molar-refractivity contribution in [2.45, 2.75) is 38.3 Å².